The predicted molar refractivity (Wildman–Crippen MR) is 111 cm³/mol. The summed E-state index contributed by atoms with van der Waals surface area (Å²) < 4.78 is 0. The van der Waals surface area contributed by atoms with E-state index in [1.54, 1.807) is 0 Å². The van der Waals surface area contributed by atoms with Crippen molar-refractivity contribution in [2.45, 2.75) is 58.8 Å². The number of benzene rings is 1. The zero-order valence-electron chi connectivity index (χ0n) is 16.1. The van der Waals surface area contributed by atoms with Crippen LogP contribution in [0, 0.1) is 5.92 Å². The molecule has 0 aromatic heterocycles. The summed E-state index contributed by atoms with van der Waals surface area (Å²) in [5.41, 5.74) is 6.76. The summed E-state index contributed by atoms with van der Waals surface area (Å²) in [6, 6.07) is 10.7. The van der Waals surface area contributed by atoms with Crippen LogP contribution in [0.2, 0.25) is 0 Å². The van der Waals surface area contributed by atoms with Gasteiger partial charge in [-0.1, -0.05) is 85.5 Å². The van der Waals surface area contributed by atoms with Gasteiger partial charge in [0, 0.05) is 18.8 Å². The second-order valence-electron chi connectivity index (χ2n) is 7.61. The second kappa shape index (κ2) is 8.98. The van der Waals surface area contributed by atoms with Crippen LogP contribution in [0.15, 0.2) is 71.4 Å². The Morgan fingerprint density at radius 1 is 1.15 bits per heavy atom. The molecule has 0 N–H and O–H groups in total. The lowest BCUT2D eigenvalue weighted by atomic mass is 9.84. The lowest BCUT2D eigenvalue weighted by molar-refractivity contribution is -0.118. The van der Waals surface area contributed by atoms with Gasteiger partial charge in [0.25, 0.3) is 0 Å². The normalized spacial score (nSPS) is 19.1. The SMILES string of the molecule is CCCCC1C(CCC(=O)CC2=CCC(C)=C2)=CC=C1c1ccccc1. The Labute approximate surface area is 158 Å². The summed E-state index contributed by atoms with van der Waals surface area (Å²) in [5.74, 6) is 0.850. The van der Waals surface area contributed by atoms with Crippen molar-refractivity contribution in [1.29, 1.82) is 0 Å². The second-order valence-corrected chi connectivity index (χ2v) is 7.61. The standard InChI is InChI=1S/C25H30O/c1-3-4-10-24-22(14-16-25(24)21-8-6-5-7-9-21)13-15-23(26)18-20-12-11-19(2)17-20/h5-9,12,14,16-17,24H,3-4,10-11,13,15,18H2,1-2H3. The summed E-state index contributed by atoms with van der Waals surface area (Å²) in [6.07, 6.45) is 15.7. The predicted octanol–water partition coefficient (Wildman–Crippen LogP) is 6.83. The molecule has 0 bridgehead atoms. The number of hydrogen-bond donors (Lipinski definition) is 0. The van der Waals surface area contributed by atoms with Crippen molar-refractivity contribution in [1.82, 2.24) is 0 Å². The van der Waals surface area contributed by atoms with Gasteiger partial charge >= 0.3 is 0 Å². The number of hydrogen-bond acceptors (Lipinski definition) is 1. The van der Waals surface area contributed by atoms with Crippen LogP contribution in [0.4, 0.5) is 0 Å². The number of carbonyl (C=O) groups excluding carboxylic acids is 1. The number of ketones is 1. The minimum absolute atomic E-state index is 0.366. The van der Waals surface area contributed by atoms with Crippen LogP contribution in [0.5, 0.6) is 0 Å². The smallest absolute Gasteiger partial charge is 0.137 e. The molecule has 0 saturated heterocycles. The first-order chi connectivity index (χ1) is 12.7. The van der Waals surface area contributed by atoms with E-state index in [0.717, 1.165) is 12.8 Å². The first-order valence-electron chi connectivity index (χ1n) is 10.0. The summed E-state index contributed by atoms with van der Waals surface area (Å²) in [7, 11) is 0. The van der Waals surface area contributed by atoms with Gasteiger partial charge < -0.3 is 0 Å². The lowest BCUT2D eigenvalue weighted by Gasteiger charge is -2.20. The fraction of sp³-hybridized carbons (Fsp3) is 0.400. The van der Waals surface area contributed by atoms with E-state index in [0.29, 0.717) is 24.5 Å². The van der Waals surface area contributed by atoms with E-state index < -0.39 is 0 Å². The Bertz CT molecular complexity index is 759. The van der Waals surface area contributed by atoms with Gasteiger partial charge in [0.15, 0.2) is 0 Å². The highest BCUT2D eigenvalue weighted by molar-refractivity contribution is 5.82. The molecule has 1 aromatic carbocycles. The molecule has 1 unspecified atom stereocenters. The maximum Gasteiger partial charge on any atom is 0.137 e. The average Bonchev–Trinajstić information content (AvgIpc) is 3.24. The number of Topliss-reactive ketones (excluding diaryl/α,β-unsaturated/α-hetero) is 1. The third-order valence-corrected chi connectivity index (χ3v) is 5.47. The first-order valence-corrected chi connectivity index (χ1v) is 10.0. The van der Waals surface area contributed by atoms with Gasteiger partial charge in [-0.15, -0.1) is 0 Å². The summed E-state index contributed by atoms with van der Waals surface area (Å²) in [4.78, 5) is 12.4. The molecule has 1 nitrogen and oxygen atoms in total. The summed E-state index contributed by atoms with van der Waals surface area (Å²) in [5, 5.41) is 0. The molecule has 0 saturated carbocycles. The Hall–Kier alpha value is -2.15. The Kier molecular flexibility index (Phi) is 6.44. The molecule has 0 radical (unpaired) electrons. The molecule has 1 heteroatoms. The highest BCUT2D eigenvalue weighted by Crippen LogP contribution is 2.39. The van der Waals surface area contributed by atoms with Gasteiger partial charge in [0.1, 0.15) is 5.78 Å². The maximum absolute atomic E-state index is 12.4. The van der Waals surface area contributed by atoms with Gasteiger partial charge in [0.2, 0.25) is 0 Å². The van der Waals surface area contributed by atoms with Crippen molar-refractivity contribution in [2.75, 3.05) is 0 Å². The van der Waals surface area contributed by atoms with Crippen LogP contribution < -0.4 is 0 Å². The van der Waals surface area contributed by atoms with Gasteiger partial charge in [-0.2, -0.15) is 0 Å². The van der Waals surface area contributed by atoms with Crippen LogP contribution in [0.3, 0.4) is 0 Å². The molecule has 1 aromatic rings. The monoisotopic (exact) mass is 346 g/mol. The molecule has 0 fully saturated rings. The number of carbonyl (C=O) groups is 1. The Morgan fingerprint density at radius 2 is 1.96 bits per heavy atom. The molecule has 2 aliphatic carbocycles. The van der Waals surface area contributed by atoms with Crippen molar-refractivity contribution in [3.05, 3.63) is 76.9 Å². The Balaban J connectivity index is 1.59. The van der Waals surface area contributed by atoms with Gasteiger partial charge in [-0.3, -0.25) is 4.79 Å². The molecule has 0 spiro atoms. The molecule has 2 aliphatic rings. The lowest BCUT2D eigenvalue weighted by Crippen LogP contribution is -2.07. The Morgan fingerprint density at radius 3 is 2.65 bits per heavy atom. The molecule has 1 atom stereocenters. The summed E-state index contributed by atoms with van der Waals surface area (Å²) in [6.45, 7) is 4.38. The minimum Gasteiger partial charge on any atom is -0.299 e. The van der Waals surface area contributed by atoms with E-state index in [1.807, 2.05) is 0 Å². The molecule has 0 aliphatic heterocycles. The van der Waals surface area contributed by atoms with Crippen LogP contribution in [0.1, 0.15) is 64.4 Å². The highest BCUT2D eigenvalue weighted by atomic mass is 16.1. The van der Waals surface area contributed by atoms with Crippen molar-refractivity contribution < 1.29 is 4.79 Å². The van der Waals surface area contributed by atoms with Gasteiger partial charge in [-0.05, 0) is 42.9 Å². The molecule has 3 rings (SSSR count). The van der Waals surface area contributed by atoms with Crippen LogP contribution in [0.25, 0.3) is 5.57 Å². The quantitative estimate of drug-likeness (QED) is 0.479. The number of rotatable bonds is 9. The zero-order chi connectivity index (χ0) is 18.4. The van der Waals surface area contributed by atoms with E-state index in [-0.39, 0.29) is 0 Å². The van der Waals surface area contributed by atoms with E-state index in [1.165, 1.54) is 47.1 Å². The van der Waals surface area contributed by atoms with E-state index in [9.17, 15) is 4.79 Å². The van der Waals surface area contributed by atoms with Gasteiger partial charge in [0.05, 0.1) is 0 Å². The van der Waals surface area contributed by atoms with E-state index in [2.05, 4.69) is 68.5 Å². The number of allylic oxidation sites excluding steroid dienone is 8. The van der Waals surface area contributed by atoms with Gasteiger partial charge in [-0.25, -0.2) is 0 Å². The van der Waals surface area contributed by atoms with Crippen LogP contribution >= 0.6 is 0 Å². The largest absolute Gasteiger partial charge is 0.299 e. The third kappa shape index (κ3) is 4.72. The average molecular weight is 347 g/mol. The molecule has 0 heterocycles. The highest BCUT2D eigenvalue weighted by Gasteiger charge is 2.24. The van der Waals surface area contributed by atoms with Crippen molar-refractivity contribution in [3.63, 3.8) is 0 Å². The van der Waals surface area contributed by atoms with Crippen molar-refractivity contribution >= 4 is 11.4 Å². The third-order valence-electron chi connectivity index (χ3n) is 5.47. The van der Waals surface area contributed by atoms with Crippen LogP contribution in [-0.2, 0) is 4.79 Å². The van der Waals surface area contributed by atoms with Crippen molar-refractivity contribution in [3.8, 4) is 0 Å². The fourth-order valence-electron chi connectivity index (χ4n) is 4.01. The van der Waals surface area contributed by atoms with E-state index >= 15 is 0 Å². The maximum atomic E-state index is 12.4. The summed E-state index contributed by atoms with van der Waals surface area (Å²) >= 11 is 0. The molecular formula is C25H30O. The van der Waals surface area contributed by atoms with E-state index in [4.69, 9.17) is 0 Å². The molecule has 0 amide bonds. The zero-order valence-corrected chi connectivity index (χ0v) is 16.1. The van der Waals surface area contributed by atoms with Crippen molar-refractivity contribution in [2.24, 2.45) is 5.92 Å². The molecule has 136 valence electrons. The fourth-order valence-corrected chi connectivity index (χ4v) is 4.01. The minimum atomic E-state index is 0.366. The number of unbranched alkanes of at least 4 members (excludes halogenated alkanes) is 1. The first kappa shape index (κ1) is 18.6. The molecule has 26 heavy (non-hydrogen) atoms. The molecular weight excluding hydrogens is 316 g/mol. The van der Waals surface area contributed by atoms with Crippen LogP contribution in [-0.4, -0.2) is 5.78 Å². The topological polar surface area (TPSA) is 17.1 Å².